The summed E-state index contributed by atoms with van der Waals surface area (Å²) < 4.78 is 11.2. The number of likely N-dealkylation sites (tertiary alicyclic amines) is 1. The standard InChI is InChI=1S/C22H35N5O2.HI/c1-4-18-17(20(5-2)29-26-18)15-24-22(23-6-3)25-16-19(21-11-10-14-28-21)27-12-8-7-9-13-27;/h10-11,14,19H,4-9,12-13,15-16H2,1-3H3,(H2,23,24,25);1H. The highest BCUT2D eigenvalue weighted by molar-refractivity contribution is 14.0. The summed E-state index contributed by atoms with van der Waals surface area (Å²) in [5, 5.41) is 11.1. The quantitative estimate of drug-likeness (QED) is 0.287. The van der Waals surface area contributed by atoms with Crippen molar-refractivity contribution in [2.24, 2.45) is 4.99 Å². The Kier molecular flexibility index (Phi) is 10.7. The maximum Gasteiger partial charge on any atom is 0.191 e. The van der Waals surface area contributed by atoms with Crippen LogP contribution in [-0.4, -0.2) is 42.2 Å². The van der Waals surface area contributed by atoms with Gasteiger partial charge in [-0.1, -0.05) is 25.4 Å². The highest BCUT2D eigenvalue weighted by atomic mass is 127. The number of hydrogen-bond donors (Lipinski definition) is 2. The van der Waals surface area contributed by atoms with E-state index in [0.717, 1.165) is 67.8 Å². The molecule has 0 saturated carbocycles. The molecule has 0 aliphatic carbocycles. The second kappa shape index (κ2) is 13.0. The largest absolute Gasteiger partial charge is 0.468 e. The lowest BCUT2D eigenvalue weighted by Crippen LogP contribution is -2.44. The van der Waals surface area contributed by atoms with E-state index in [1.165, 1.54) is 19.3 Å². The summed E-state index contributed by atoms with van der Waals surface area (Å²) in [6.07, 6.45) is 7.26. The van der Waals surface area contributed by atoms with Crippen LogP contribution in [0.3, 0.4) is 0 Å². The van der Waals surface area contributed by atoms with Crippen molar-refractivity contribution in [1.29, 1.82) is 0 Å². The summed E-state index contributed by atoms with van der Waals surface area (Å²) in [5.74, 6) is 2.76. The van der Waals surface area contributed by atoms with E-state index < -0.39 is 0 Å². The number of furan rings is 1. The molecule has 1 aliphatic rings. The zero-order valence-corrected chi connectivity index (χ0v) is 20.8. The van der Waals surface area contributed by atoms with Crippen molar-refractivity contribution < 1.29 is 8.94 Å². The van der Waals surface area contributed by atoms with Crippen LogP contribution >= 0.6 is 24.0 Å². The predicted molar refractivity (Wildman–Crippen MR) is 130 cm³/mol. The van der Waals surface area contributed by atoms with E-state index >= 15 is 0 Å². The smallest absolute Gasteiger partial charge is 0.191 e. The molecule has 0 bridgehead atoms. The van der Waals surface area contributed by atoms with E-state index in [1.54, 1.807) is 6.26 Å². The van der Waals surface area contributed by atoms with Crippen LogP contribution in [0.5, 0.6) is 0 Å². The molecular weight excluding hydrogens is 493 g/mol. The molecule has 2 aromatic rings. The second-order valence-electron chi connectivity index (χ2n) is 7.44. The van der Waals surface area contributed by atoms with Crippen molar-refractivity contribution >= 4 is 29.9 Å². The third kappa shape index (κ3) is 6.47. The minimum absolute atomic E-state index is 0. The SMILES string of the molecule is CCNC(=NCc1c(CC)noc1CC)NCC(c1ccco1)N1CCCCC1.I. The van der Waals surface area contributed by atoms with Gasteiger partial charge in [0.2, 0.25) is 0 Å². The van der Waals surface area contributed by atoms with Gasteiger partial charge in [0.25, 0.3) is 0 Å². The number of nitrogens with zero attached hydrogens (tertiary/aromatic N) is 3. The summed E-state index contributed by atoms with van der Waals surface area (Å²) in [6, 6.07) is 4.25. The fourth-order valence-electron chi connectivity index (χ4n) is 3.93. The first-order chi connectivity index (χ1) is 14.3. The number of aliphatic imine (C=N–C) groups is 1. The van der Waals surface area contributed by atoms with Crippen molar-refractivity contribution in [3.63, 3.8) is 0 Å². The minimum atomic E-state index is 0. The van der Waals surface area contributed by atoms with Gasteiger partial charge in [-0.05, 0) is 51.4 Å². The highest BCUT2D eigenvalue weighted by Gasteiger charge is 2.24. The fraction of sp³-hybridized carbons (Fsp3) is 0.636. The number of aryl methyl sites for hydroxylation is 2. The zero-order chi connectivity index (χ0) is 20.5. The molecule has 2 aromatic heterocycles. The van der Waals surface area contributed by atoms with Crippen LogP contribution in [0.4, 0.5) is 0 Å². The van der Waals surface area contributed by atoms with Gasteiger partial charge in [-0.25, -0.2) is 4.99 Å². The van der Waals surface area contributed by atoms with E-state index in [1.807, 2.05) is 6.07 Å². The lowest BCUT2D eigenvalue weighted by Gasteiger charge is -2.33. The number of hydrogen-bond acceptors (Lipinski definition) is 5. The minimum Gasteiger partial charge on any atom is -0.468 e. The van der Waals surface area contributed by atoms with Gasteiger partial charge >= 0.3 is 0 Å². The summed E-state index contributed by atoms with van der Waals surface area (Å²) in [7, 11) is 0. The van der Waals surface area contributed by atoms with E-state index in [9.17, 15) is 0 Å². The van der Waals surface area contributed by atoms with Crippen molar-refractivity contribution in [2.75, 3.05) is 26.2 Å². The Balaban J connectivity index is 0.00000320. The van der Waals surface area contributed by atoms with Gasteiger partial charge in [0.05, 0.1) is 24.5 Å². The number of nitrogens with one attached hydrogen (secondary N) is 2. The molecule has 1 saturated heterocycles. The molecule has 7 nitrogen and oxygen atoms in total. The monoisotopic (exact) mass is 529 g/mol. The Labute approximate surface area is 197 Å². The van der Waals surface area contributed by atoms with Crippen LogP contribution < -0.4 is 10.6 Å². The van der Waals surface area contributed by atoms with E-state index in [2.05, 4.69) is 47.5 Å². The average molecular weight is 529 g/mol. The Morgan fingerprint density at radius 3 is 2.60 bits per heavy atom. The van der Waals surface area contributed by atoms with Gasteiger partial charge in [0.15, 0.2) is 5.96 Å². The zero-order valence-electron chi connectivity index (χ0n) is 18.4. The summed E-state index contributed by atoms with van der Waals surface area (Å²) >= 11 is 0. The lowest BCUT2D eigenvalue weighted by molar-refractivity contribution is 0.146. The summed E-state index contributed by atoms with van der Waals surface area (Å²) in [6.45, 7) is 10.6. The van der Waals surface area contributed by atoms with Crippen molar-refractivity contribution in [2.45, 2.75) is 65.5 Å². The Hall–Kier alpha value is -1.55. The molecule has 1 unspecified atom stereocenters. The molecule has 30 heavy (non-hydrogen) atoms. The fourth-order valence-corrected chi connectivity index (χ4v) is 3.93. The van der Waals surface area contributed by atoms with Crippen molar-refractivity contribution in [1.82, 2.24) is 20.7 Å². The Morgan fingerprint density at radius 2 is 1.97 bits per heavy atom. The van der Waals surface area contributed by atoms with E-state index in [-0.39, 0.29) is 30.0 Å². The molecule has 0 aromatic carbocycles. The lowest BCUT2D eigenvalue weighted by atomic mass is 10.1. The van der Waals surface area contributed by atoms with Gasteiger partial charge in [0.1, 0.15) is 11.5 Å². The van der Waals surface area contributed by atoms with Gasteiger partial charge in [-0.3, -0.25) is 4.90 Å². The molecule has 168 valence electrons. The summed E-state index contributed by atoms with van der Waals surface area (Å²) in [5.41, 5.74) is 2.12. The molecule has 2 N–H and O–H groups in total. The number of aromatic nitrogens is 1. The van der Waals surface area contributed by atoms with Crippen LogP contribution in [0.2, 0.25) is 0 Å². The predicted octanol–water partition coefficient (Wildman–Crippen LogP) is 4.29. The Morgan fingerprint density at radius 1 is 1.17 bits per heavy atom. The first kappa shape index (κ1) is 24.7. The van der Waals surface area contributed by atoms with Gasteiger partial charge in [0, 0.05) is 25.1 Å². The number of halogens is 1. The number of rotatable bonds is 9. The second-order valence-corrected chi connectivity index (χ2v) is 7.44. The Bertz CT molecular complexity index is 732. The van der Waals surface area contributed by atoms with Crippen molar-refractivity contribution in [3.05, 3.63) is 41.2 Å². The summed E-state index contributed by atoms with van der Waals surface area (Å²) in [4.78, 5) is 7.33. The number of piperidine rings is 1. The first-order valence-corrected chi connectivity index (χ1v) is 11.0. The molecule has 0 amide bonds. The first-order valence-electron chi connectivity index (χ1n) is 11.0. The third-order valence-electron chi connectivity index (χ3n) is 5.51. The van der Waals surface area contributed by atoms with Crippen molar-refractivity contribution in [3.8, 4) is 0 Å². The maximum absolute atomic E-state index is 5.76. The van der Waals surface area contributed by atoms with Gasteiger partial charge in [-0.15, -0.1) is 24.0 Å². The average Bonchev–Trinajstić information content (AvgIpc) is 3.42. The topological polar surface area (TPSA) is 78.8 Å². The third-order valence-corrected chi connectivity index (χ3v) is 5.51. The molecule has 0 radical (unpaired) electrons. The van der Waals surface area contributed by atoms with Crippen LogP contribution in [0, 0.1) is 0 Å². The molecule has 0 spiro atoms. The molecule has 3 rings (SSSR count). The molecule has 1 fully saturated rings. The van der Waals surface area contributed by atoms with Crippen LogP contribution in [0.1, 0.15) is 68.9 Å². The highest BCUT2D eigenvalue weighted by Crippen LogP contribution is 2.24. The maximum atomic E-state index is 5.76. The van der Waals surface area contributed by atoms with E-state index in [0.29, 0.717) is 6.54 Å². The van der Waals surface area contributed by atoms with Crippen LogP contribution in [0.25, 0.3) is 0 Å². The molecule has 3 heterocycles. The van der Waals surface area contributed by atoms with Crippen LogP contribution in [0.15, 0.2) is 32.3 Å². The molecule has 1 aliphatic heterocycles. The van der Waals surface area contributed by atoms with Gasteiger partial charge < -0.3 is 19.6 Å². The van der Waals surface area contributed by atoms with E-state index in [4.69, 9.17) is 13.9 Å². The molecule has 1 atom stereocenters. The van der Waals surface area contributed by atoms with Crippen LogP contribution in [-0.2, 0) is 19.4 Å². The van der Waals surface area contributed by atoms with Gasteiger partial charge in [-0.2, -0.15) is 0 Å². The number of guanidine groups is 1. The molecular formula is C22H36IN5O2. The molecule has 8 heteroatoms. The normalized spacial score (nSPS) is 16.2.